The van der Waals surface area contributed by atoms with Gasteiger partial charge in [-0.1, -0.05) is 34.1 Å². The fourth-order valence-corrected chi connectivity index (χ4v) is 4.61. The topological polar surface area (TPSA) is 122 Å². The number of rotatable bonds is 8. The van der Waals surface area contributed by atoms with Gasteiger partial charge in [0.15, 0.2) is 0 Å². The summed E-state index contributed by atoms with van der Waals surface area (Å²) in [5.74, 6) is -0.148. The van der Waals surface area contributed by atoms with E-state index in [2.05, 4.69) is 38.7 Å². The van der Waals surface area contributed by atoms with Crippen LogP contribution in [0.3, 0.4) is 0 Å². The number of aliphatic hydroxyl groups excluding tert-OH is 1. The first-order chi connectivity index (χ1) is 14.2. The standard InChI is InChI=1S/C21H26BrN3O4S/c22-18-4-3-17-12-21(14-26,9-7-16(17)11-18)25-13-20(27)24-10-8-15-1-5-19(6-2-15)30(23,28)29/h1-6,11,25-26H,7-10,12-14H2,(H,24,27)(H2,23,28,29). The van der Waals surface area contributed by atoms with Crippen LogP contribution in [0.4, 0.5) is 0 Å². The number of carbonyl (C=O) groups is 1. The number of fused-ring (bicyclic) bond motifs is 1. The largest absolute Gasteiger partial charge is 0.394 e. The number of aliphatic hydroxyl groups is 1. The Kier molecular flexibility index (Phi) is 7.30. The monoisotopic (exact) mass is 495 g/mol. The van der Waals surface area contributed by atoms with E-state index in [4.69, 9.17) is 5.14 Å². The van der Waals surface area contributed by atoms with Crippen molar-refractivity contribution in [2.45, 2.75) is 36.1 Å². The zero-order valence-electron chi connectivity index (χ0n) is 16.5. The van der Waals surface area contributed by atoms with E-state index < -0.39 is 15.6 Å². The third-order valence-electron chi connectivity index (χ3n) is 5.48. The second-order valence-electron chi connectivity index (χ2n) is 7.67. The van der Waals surface area contributed by atoms with Gasteiger partial charge in [-0.05, 0) is 66.6 Å². The van der Waals surface area contributed by atoms with E-state index in [9.17, 15) is 18.3 Å². The molecule has 0 spiro atoms. The first-order valence-corrected chi connectivity index (χ1v) is 12.1. The molecule has 5 N–H and O–H groups in total. The molecule has 0 saturated heterocycles. The molecule has 30 heavy (non-hydrogen) atoms. The van der Waals surface area contributed by atoms with Gasteiger partial charge in [0.25, 0.3) is 0 Å². The Balaban J connectivity index is 1.47. The zero-order valence-corrected chi connectivity index (χ0v) is 18.9. The van der Waals surface area contributed by atoms with E-state index >= 15 is 0 Å². The van der Waals surface area contributed by atoms with Crippen LogP contribution in [-0.4, -0.2) is 44.7 Å². The summed E-state index contributed by atoms with van der Waals surface area (Å²) < 4.78 is 23.6. The van der Waals surface area contributed by atoms with Crippen LogP contribution in [-0.2, 0) is 34.1 Å². The summed E-state index contributed by atoms with van der Waals surface area (Å²) >= 11 is 3.49. The summed E-state index contributed by atoms with van der Waals surface area (Å²) in [6, 6.07) is 12.4. The summed E-state index contributed by atoms with van der Waals surface area (Å²) in [7, 11) is -3.70. The van der Waals surface area contributed by atoms with Crippen LogP contribution in [0, 0.1) is 0 Å². The molecule has 2 aromatic rings. The van der Waals surface area contributed by atoms with Gasteiger partial charge in [-0.25, -0.2) is 13.6 Å². The normalized spacial score (nSPS) is 18.6. The summed E-state index contributed by atoms with van der Waals surface area (Å²) in [5, 5.41) is 21.2. The molecule has 0 saturated carbocycles. The third kappa shape index (κ3) is 5.89. The van der Waals surface area contributed by atoms with E-state index in [0.717, 1.165) is 22.9 Å². The SMILES string of the molecule is NS(=O)(=O)c1ccc(CCNC(=O)CNC2(CO)CCc3cc(Br)ccc3C2)cc1. The Morgan fingerprint density at radius 1 is 1.17 bits per heavy atom. The Hall–Kier alpha value is -1.78. The maximum Gasteiger partial charge on any atom is 0.238 e. The number of nitrogens with two attached hydrogens (primary N) is 1. The minimum Gasteiger partial charge on any atom is -0.394 e. The molecule has 0 heterocycles. The lowest BCUT2D eigenvalue weighted by Gasteiger charge is -2.37. The predicted octanol–water partition coefficient (Wildman–Crippen LogP) is 1.26. The molecule has 0 radical (unpaired) electrons. The summed E-state index contributed by atoms with van der Waals surface area (Å²) in [6.45, 7) is 0.515. The van der Waals surface area contributed by atoms with Gasteiger partial charge in [-0.15, -0.1) is 0 Å². The molecule has 7 nitrogen and oxygen atoms in total. The molecule has 2 aromatic carbocycles. The van der Waals surface area contributed by atoms with Crippen molar-refractivity contribution in [2.24, 2.45) is 5.14 Å². The highest BCUT2D eigenvalue weighted by atomic mass is 79.9. The zero-order chi connectivity index (χ0) is 21.8. The highest BCUT2D eigenvalue weighted by Crippen LogP contribution is 2.30. The van der Waals surface area contributed by atoms with Crippen LogP contribution >= 0.6 is 15.9 Å². The number of amides is 1. The van der Waals surface area contributed by atoms with Gasteiger partial charge in [0.1, 0.15) is 0 Å². The van der Waals surface area contributed by atoms with Crippen molar-refractivity contribution in [1.29, 1.82) is 0 Å². The molecule has 1 aliphatic carbocycles. The highest BCUT2D eigenvalue weighted by molar-refractivity contribution is 9.10. The molecular formula is C21H26BrN3O4S. The number of aryl methyl sites for hydroxylation is 1. The van der Waals surface area contributed by atoms with Gasteiger partial charge in [-0.3, -0.25) is 4.79 Å². The smallest absolute Gasteiger partial charge is 0.238 e. The fourth-order valence-electron chi connectivity index (χ4n) is 3.69. The van der Waals surface area contributed by atoms with Crippen molar-refractivity contribution in [3.8, 4) is 0 Å². The van der Waals surface area contributed by atoms with E-state index in [0.29, 0.717) is 19.4 Å². The minimum atomic E-state index is -3.70. The molecule has 0 fully saturated rings. The van der Waals surface area contributed by atoms with Crippen LogP contribution in [0.25, 0.3) is 0 Å². The lowest BCUT2D eigenvalue weighted by Crippen LogP contribution is -2.55. The third-order valence-corrected chi connectivity index (χ3v) is 6.91. The molecule has 0 aromatic heterocycles. The quantitative estimate of drug-likeness (QED) is 0.439. The van der Waals surface area contributed by atoms with Crippen molar-refractivity contribution >= 4 is 31.9 Å². The summed E-state index contributed by atoms with van der Waals surface area (Å²) in [5.41, 5.74) is 2.86. The Morgan fingerprint density at radius 2 is 1.90 bits per heavy atom. The van der Waals surface area contributed by atoms with Gasteiger partial charge in [0.2, 0.25) is 15.9 Å². The van der Waals surface area contributed by atoms with Crippen molar-refractivity contribution in [2.75, 3.05) is 19.7 Å². The van der Waals surface area contributed by atoms with Crippen molar-refractivity contribution in [3.05, 3.63) is 63.6 Å². The number of hydrogen-bond donors (Lipinski definition) is 4. The first-order valence-electron chi connectivity index (χ1n) is 9.72. The van der Waals surface area contributed by atoms with Gasteiger partial charge < -0.3 is 15.7 Å². The number of primary sulfonamides is 1. The van der Waals surface area contributed by atoms with Crippen LogP contribution in [0.5, 0.6) is 0 Å². The molecule has 0 aliphatic heterocycles. The fraction of sp³-hybridized carbons (Fsp3) is 0.381. The van der Waals surface area contributed by atoms with E-state index in [1.54, 1.807) is 12.1 Å². The molecule has 9 heteroatoms. The van der Waals surface area contributed by atoms with Crippen LogP contribution < -0.4 is 15.8 Å². The molecule has 162 valence electrons. The van der Waals surface area contributed by atoms with Crippen molar-refractivity contribution < 1.29 is 18.3 Å². The molecule has 1 unspecified atom stereocenters. The van der Waals surface area contributed by atoms with Gasteiger partial charge in [-0.2, -0.15) is 0 Å². The molecule has 3 rings (SSSR count). The Bertz CT molecular complexity index is 1010. The van der Waals surface area contributed by atoms with Crippen molar-refractivity contribution in [1.82, 2.24) is 10.6 Å². The Labute approximate surface area is 185 Å². The maximum absolute atomic E-state index is 12.3. The number of sulfonamides is 1. The number of benzene rings is 2. The van der Waals surface area contributed by atoms with Crippen LogP contribution in [0.2, 0.25) is 0 Å². The lowest BCUT2D eigenvalue weighted by molar-refractivity contribution is -0.120. The summed E-state index contributed by atoms with van der Waals surface area (Å²) in [6.07, 6.45) is 2.86. The molecular weight excluding hydrogens is 470 g/mol. The number of carbonyl (C=O) groups excluding carboxylic acids is 1. The average molecular weight is 496 g/mol. The van der Waals surface area contributed by atoms with E-state index in [1.165, 1.54) is 23.3 Å². The predicted molar refractivity (Wildman–Crippen MR) is 119 cm³/mol. The van der Waals surface area contributed by atoms with E-state index in [-0.39, 0.29) is 24.0 Å². The molecule has 0 bridgehead atoms. The molecule has 1 atom stereocenters. The summed E-state index contributed by atoms with van der Waals surface area (Å²) in [4.78, 5) is 12.3. The van der Waals surface area contributed by atoms with Gasteiger partial charge in [0.05, 0.1) is 18.0 Å². The van der Waals surface area contributed by atoms with Gasteiger partial charge >= 0.3 is 0 Å². The first kappa shape index (κ1) is 22.9. The Morgan fingerprint density at radius 3 is 2.57 bits per heavy atom. The van der Waals surface area contributed by atoms with E-state index in [1.807, 2.05) is 6.07 Å². The number of halogens is 1. The lowest BCUT2D eigenvalue weighted by atomic mass is 9.78. The minimum absolute atomic E-state index is 0.0355. The van der Waals surface area contributed by atoms with Crippen LogP contribution in [0.1, 0.15) is 23.1 Å². The second kappa shape index (κ2) is 9.57. The maximum atomic E-state index is 12.3. The highest BCUT2D eigenvalue weighted by Gasteiger charge is 2.33. The van der Waals surface area contributed by atoms with Gasteiger partial charge in [0, 0.05) is 16.6 Å². The number of hydrogen-bond acceptors (Lipinski definition) is 5. The molecule has 1 amide bonds. The van der Waals surface area contributed by atoms with Crippen LogP contribution in [0.15, 0.2) is 51.8 Å². The number of nitrogens with one attached hydrogen (secondary N) is 2. The second-order valence-corrected chi connectivity index (χ2v) is 10.1. The average Bonchev–Trinajstić information content (AvgIpc) is 2.72. The molecule has 1 aliphatic rings. The van der Waals surface area contributed by atoms with Crippen molar-refractivity contribution in [3.63, 3.8) is 0 Å².